The normalized spacial score (nSPS) is 23.0. The van der Waals surface area contributed by atoms with Crippen molar-refractivity contribution in [3.8, 4) is 0 Å². The fraction of sp³-hybridized carbons (Fsp3) is 0.533. The number of nitrogen functional groups attached to an aromatic ring is 1. The van der Waals surface area contributed by atoms with Gasteiger partial charge in [0.25, 0.3) is 0 Å². The Kier molecular flexibility index (Phi) is 5.14. The van der Waals surface area contributed by atoms with Gasteiger partial charge in [-0.2, -0.15) is 0 Å². The molecule has 2 rings (SSSR count). The maximum Gasteiger partial charge on any atom is 0.225 e. The van der Waals surface area contributed by atoms with E-state index >= 15 is 0 Å². The van der Waals surface area contributed by atoms with Crippen LogP contribution in [-0.4, -0.2) is 41.7 Å². The van der Waals surface area contributed by atoms with Crippen molar-refractivity contribution in [2.45, 2.75) is 25.9 Å². The summed E-state index contributed by atoms with van der Waals surface area (Å²) >= 11 is 0. The van der Waals surface area contributed by atoms with Crippen molar-refractivity contribution >= 4 is 17.3 Å². The number of nitrogens with zero attached hydrogens (tertiary/aromatic N) is 1. The van der Waals surface area contributed by atoms with Crippen LogP contribution in [0.2, 0.25) is 0 Å². The molecular formula is C15H22FN3O2. The zero-order chi connectivity index (χ0) is 15.4. The molecule has 1 fully saturated rings. The molecule has 4 N–H and O–H groups in total. The van der Waals surface area contributed by atoms with Gasteiger partial charge in [-0.1, -0.05) is 6.92 Å². The van der Waals surface area contributed by atoms with Gasteiger partial charge in [0.2, 0.25) is 5.91 Å². The van der Waals surface area contributed by atoms with Crippen LogP contribution in [0.1, 0.15) is 19.8 Å². The Hall–Kier alpha value is -1.66. The number of piperidine rings is 1. The number of carbonyl (C=O) groups is 1. The van der Waals surface area contributed by atoms with Gasteiger partial charge < -0.3 is 21.1 Å². The SMILES string of the molecule is CC1CN(CCC(=O)Nc2ccc(F)cc2N)CCC1O. The summed E-state index contributed by atoms with van der Waals surface area (Å²) in [6.45, 7) is 4.25. The number of likely N-dealkylation sites (tertiary alicyclic amines) is 1. The highest BCUT2D eigenvalue weighted by Gasteiger charge is 2.24. The average Bonchev–Trinajstić information content (AvgIpc) is 2.43. The predicted molar refractivity (Wildman–Crippen MR) is 80.3 cm³/mol. The van der Waals surface area contributed by atoms with Gasteiger partial charge in [0.15, 0.2) is 0 Å². The molecule has 1 aromatic rings. The van der Waals surface area contributed by atoms with Crippen LogP contribution >= 0.6 is 0 Å². The van der Waals surface area contributed by atoms with E-state index < -0.39 is 5.82 Å². The van der Waals surface area contributed by atoms with E-state index in [-0.39, 0.29) is 23.6 Å². The number of benzene rings is 1. The number of nitrogens with one attached hydrogen (secondary N) is 1. The van der Waals surface area contributed by atoms with Crippen LogP contribution in [0.4, 0.5) is 15.8 Å². The van der Waals surface area contributed by atoms with Crippen molar-refractivity contribution in [3.05, 3.63) is 24.0 Å². The summed E-state index contributed by atoms with van der Waals surface area (Å²) in [7, 11) is 0. The van der Waals surface area contributed by atoms with E-state index in [1.165, 1.54) is 18.2 Å². The van der Waals surface area contributed by atoms with E-state index in [9.17, 15) is 14.3 Å². The lowest BCUT2D eigenvalue weighted by Gasteiger charge is -2.34. The van der Waals surface area contributed by atoms with E-state index in [1.807, 2.05) is 6.92 Å². The second-order valence-electron chi connectivity index (χ2n) is 5.66. The minimum atomic E-state index is -0.425. The van der Waals surface area contributed by atoms with Gasteiger partial charge in [0.1, 0.15) is 5.82 Å². The first-order valence-corrected chi connectivity index (χ1v) is 7.21. The molecule has 21 heavy (non-hydrogen) atoms. The monoisotopic (exact) mass is 295 g/mol. The van der Waals surface area contributed by atoms with E-state index in [0.717, 1.165) is 19.5 Å². The molecule has 116 valence electrons. The lowest BCUT2D eigenvalue weighted by molar-refractivity contribution is -0.116. The van der Waals surface area contributed by atoms with E-state index in [0.29, 0.717) is 18.7 Å². The molecule has 5 nitrogen and oxygen atoms in total. The Morgan fingerprint density at radius 1 is 1.57 bits per heavy atom. The Morgan fingerprint density at radius 3 is 3.00 bits per heavy atom. The zero-order valence-electron chi connectivity index (χ0n) is 12.2. The van der Waals surface area contributed by atoms with E-state index in [2.05, 4.69) is 10.2 Å². The molecule has 1 aliphatic heterocycles. The van der Waals surface area contributed by atoms with Crippen LogP contribution < -0.4 is 11.1 Å². The number of hydrogen-bond donors (Lipinski definition) is 3. The summed E-state index contributed by atoms with van der Waals surface area (Å²) in [4.78, 5) is 14.1. The lowest BCUT2D eigenvalue weighted by atomic mass is 9.97. The van der Waals surface area contributed by atoms with Crippen LogP contribution in [0.25, 0.3) is 0 Å². The van der Waals surface area contributed by atoms with Crippen molar-refractivity contribution < 1.29 is 14.3 Å². The first-order chi connectivity index (χ1) is 9.95. The summed E-state index contributed by atoms with van der Waals surface area (Å²) in [5.41, 5.74) is 6.30. The van der Waals surface area contributed by atoms with Crippen molar-refractivity contribution in [2.75, 3.05) is 30.7 Å². The van der Waals surface area contributed by atoms with Crippen molar-refractivity contribution in [3.63, 3.8) is 0 Å². The lowest BCUT2D eigenvalue weighted by Crippen LogP contribution is -2.42. The van der Waals surface area contributed by atoms with E-state index in [4.69, 9.17) is 5.73 Å². The fourth-order valence-corrected chi connectivity index (χ4v) is 2.54. The largest absolute Gasteiger partial charge is 0.397 e. The Balaban J connectivity index is 1.80. The highest BCUT2D eigenvalue weighted by atomic mass is 19.1. The topological polar surface area (TPSA) is 78.6 Å². The number of anilines is 2. The van der Waals surface area contributed by atoms with Crippen LogP contribution in [-0.2, 0) is 4.79 Å². The van der Waals surface area contributed by atoms with Crippen LogP contribution in [0.5, 0.6) is 0 Å². The number of carbonyl (C=O) groups excluding carboxylic acids is 1. The molecule has 6 heteroatoms. The molecule has 0 aromatic heterocycles. The number of aliphatic hydroxyl groups excluding tert-OH is 1. The summed E-state index contributed by atoms with van der Waals surface area (Å²) in [5, 5.41) is 12.4. The van der Waals surface area contributed by atoms with Gasteiger partial charge in [0.05, 0.1) is 17.5 Å². The first kappa shape index (κ1) is 15.7. The van der Waals surface area contributed by atoms with Crippen molar-refractivity contribution in [1.29, 1.82) is 0 Å². The molecule has 1 saturated heterocycles. The number of nitrogens with two attached hydrogens (primary N) is 1. The molecule has 1 amide bonds. The maximum absolute atomic E-state index is 12.9. The molecule has 1 aliphatic rings. The fourth-order valence-electron chi connectivity index (χ4n) is 2.54. The Labute approximate surface area is 123 Å². The Bertz CT molecular complexity index is 510. The van der Waals surface area contributed by atoms with Crippen molar-refractivity contribution in [1.82, 2.24) is 4.90 Å². The van der Waals surface area contributed by atoms with Gasteiger partial charge in [-0.15, -0.1) is 0 Å². The van der Waals surface area contributed by atoms with E-state index in [1.54, 1.807) is 0 Å². The van der Waals surface area contributed by atoms with Crippen LogP contribution in [0.3, 0.4) is 0 Å². The summed E-state index contributed by atoms with van der Waals surface area (Å²) in [6, 6.07) is 3.91. The van der Waals surface area contributed by atoms with Gasteiger partial charge >= 0.3 is 0 Å². The summed E-state index contributed by atoms with van der Waals surface area (Å²) in [6.07, 6.45) is 0.849. The number of halogens is 1. The number of aliphatic hydroxyl groups is 1. The quantitative estimate of drug-likeness (QED) is 0.734. The third kappa shape index (κ3) is 4.41. The highest BCUT2D eigenvalue weighted by molar-refractivity contribution is 5.93. The summed E-state index contributed by atoms with van der Waals surface area (Å²) in [5.74, 6) is -0.340. The predicted octanol–water partition coefficient (Wildman–Crippen LogP) is 1.44. The molecule has 0 bridgehead atoms. The van der Waals surface area contributed by atoms with Crippen molar-refractivity contribution in [2.24, 2.45) is 5.92 Å². The Morgan fingerprint density at radius 2 is 2.33 bits per heavy atom. The third-order valence-electron chi connectivity index (χ3n) is 3.89. The second-order valence-corrected chi connectivity index (χ2v) is 5.66. The average molecular weight is 295 g/mol. The number of hydrogen-bond acceptors (Lipinski definition) is 4. The molecule has 0 aliphatic carbocycles. The summed E-state index contributed by atoms with van der Waals surface area (Å²) < 4.78 is 12.9. The molecule has 0 radical (unpaired) electrons. The van der Waals surface area contributed by atoms with Gasteiger partial charge in [-0.05, 0) is 30.5 Å². The number of rotatable bonds is 4. The molecular weight excluding hydrogens is 273 g/mol. The molecule has 1 aromatic carbocycles. The molecule has 1 heterocycles. The van der Waals surface area contributed by atoms with Gasteiger partial charge in [-0.25, -0.2) is 4.39 Å². The molecule has 0 spiro atoms. The minimum absolute atomic E-state index is 0.146. The van der Waals surface area contributed by atoms with Gasteiger partial charge in [0, 0.05) is 26.1 Å². The number of amides is 1. The molecule has 2 atom stereocenters. The smallest absolute Gasteiger partial charge is 0.225 e. The zero-order valence-corrected chi connectivity index (χ0v) is 12.2. The standard InChI is InChI=1S/C15H22FN3O2/c1-10-9-19(6-4-14(10)20)7-5-15(21)18-13-3-2-11(16)8-12(13)17/h2-3,8,10,14,20H,4-7,9,17H2,1H3,(H,18,21). The minimum Gasteiger partial charge on any atom is -0.397 e. The first-order valence-electron chi connectivity index (χ1n) is 7.21. The maximum atomic E-state index is 12.9. The molecule has 2 unspecified atom stereocenters. The third-order valence-corrected chi connectivity index (χ3v) is 3.89. The van der Waals surface area contributed by atoms with Crippen LogP contribution in [0.15, 0.2) is 18.2 Å². The van der Waals surface area contributed by atoms with Gasteiger partial charge in [-0.3, -0.25) is 4.79 Å². The molecule has 0 saturated carbocycles. The van der Waals surface area contributed by atoms with Crippen LogP contribution in [0, 0.1) is 11.7 Å². The second kappa shape index (κ2) is 6.87. The highest BCUT2D eigenvalue weighted by Crippen LogP contribution is 2.20.